The van der Waals surface area contributed by atoms with Crippen molar-refractivity contribution in [1.29, 1.82) is 0 Å². The summed E-state index contributed by atoms with van der Waals surface area (Å²) in [7, 11) is 0. The zero-order valence-corrected chi connectivity index (χ0v) is 10.8. The van der Waals surface area contributed by atoms with Gasteiger partial charge in [-0.2, -0.15) is 0 Å². The van der Waals surface area contributed by atoms with Crippen molar-refractivity contribution in [3.8, 4) is 0 Å². The summed E-state index contributed by atoms with van der Waals surface area (Å²) in [6.07, 6.45) is 1.54. The molecule has 0 radical (unpaired) electrons. The lowest BCUT2D eigenvalue weighted by atomic mass is 10.4. The molecule has 0 saturated carbocycles. The van der Waals surface area contributed by atoms with Crippen LogP contribution in [-0.4, -0.2) is 42.4 Å². The third kappa shape index (κ3) is 5.25. The maximum Gasteiger partial charge on any atom is 0.357 e. The smallest absolute Gasteiger partial charge is 0.357 e. The Hall–Kier alpha value is -0.980. The Bertz CT molecular complexity index is 341. The third-order valence-electron chi connectivity index (χ3n) is 2.06. The number of esters is 1. The molecule has 96 valence electrons. The number of rotatable bonds is 8. The first kappa shape index (κ1) is 14.1. The van der Waals surface area contributed by atoms with Crippen molar-refractivity contribution in [3.63, 3.8) is 0 Å². The molecule has 0 unspecified atom stereocenters. The molecule has 6 heteroatoms. The lowest BCUT2D eigenvalue weighted by molar-refractivity contribution is 0.0520. The minimum Gasteiger partial charge on any atom is -0.461 e. The van der Waals surface area contributed by atoms with E-state index in [2.05, 4.69) is 10.3 Å². The second kappa shape index (κ2) is 8.16. The Morgan fingerprint density at radius 1 is 1.59 bits per heavy atom. The summed E-state index contributed by atoms with van der Waals surface area (Å²) in [4.78, 5) is 15.6. The molecule has 1 heterocycles. The fourth-order valence-corrected chi connectivity index (χ4v) is 2.02. The number of nitrogens with one attached hydrogen (secondary N) is 1. The molecular formula is C11H18N2O3S. The molecule has 1 aromatic heterocycles. The van der Waals surface area contributed by atoms with Crippen molar-refractivity contribution >= 4 is 17.3 Å². The number of nitrogens with zero attached hydrogens (tertiary/aromatic N) is 1. The number of thiazole rings is 1. The fraction of sp³-hybridized carbons (Fsp3) is 0.636. The van der Waals surface area contributed by atoms with Gasteiger partial charge in [-0.25, -0.2) is 9.78 Å². The maximum atomic E-state index is 11.4. The normalized spacial score (nSPS) is 10.5. The highest BCUT2D eigenvalue weighted by atomic mass is 32.1. The van der Waals surface area contributed by atoms with E-state index in [-0.39, 0.29) is 12.6 Å². The van der Waals surface area contributed by atoms with Crippen LogP contribution in [-0.2, 0) is 11.2 Å². The first-order chi connectivity index (χ1) is 8.27. The number of carbonyl (C=O) groups excluding carboxylic acids is 1. The molecule has 0 amide bonds. The Labute approximate surface area is 105 Å². The van der Waals surface area contributed by atoms with Crippen molar-refractivity contribution < 1.29 is 14.6 Å². The number of ether oxygens (including phenoxy) is 1. The van der Waals surface area contributed by atoms with Gasteiger partial charge in [0.2, 0.25) is 0 Å². The largest absolute Gasteiger partial charge is 0.461 e. The summed E-state index contributed by atoms with van der Waals surface area (Å²) < 4.78 is 4.86. The molecule has 0 aromatic carbocycles. The zero-order valence-electron chi connectivity index (χ0n) is 9.94. The SMILES string of the molecule is CCOC(=O)c1csc(CCNCCCO)n1. The predicted molar refractivity (Wildman–Crippen MR) is 66.3 cm³/mol. The van der Waals surface area contributed by atoms with Crippen LogP contribution in [0.5, 0.6) is 0 Å². The van der Waals surface area contributed by atoms with Crippen LogP contribution >= 0.6 is 11.3 Å². The molecule has 0 atom stereocenters. The molecule has 0 aliphatic carbocycles. The van der Waals surface area contributed by atoms with Gasteiger partial charge in [-0.1, -0.05) is 0 Å². The highest BCUT2D eigenvalue weighted by Gasteiger charge is 2.10. The number of aliphatic hydroxyl groups excluding tert-OH is 1. The van der Waals surface area contributed by atoms with Gasteiger partial charge >= 0.3 is 5.97 Å². The van der Waals surface area contributed by atoms with Crippen LogP contribution < -0.4 is 5.32 Å². The minimum absolute atomic E-state index is 0.206. The number of hydrogen-bond donors (Lipinski definition) is 2. The van der Waals surface area contributed by atoms with E-state index in [1.807, 2.05) is 0 Å². The molecule has 0 aliphatic heterocycles. The fourth-order valence-electron chi connectivity index (χ4n) is 1.25. The summed E-state index contributed by atoms with van der Waals surface area (Å²) in [5.41, 5.74) is 0.391. The molecule has 0 bridgehead atoms. The predicted octanol–water partition coefficient (Wildman–Crippen LogP) is 0.834. The highest BCUT2D eigenvalue weighted by molar-refractivity contribution is 7.09. The van der Waals surface area contributed by atoms with Gasteiger partial charge in [-0.15, -0.1) is 11.3 Å². The van der Waals surface area contributed by atoms with Crippen LogP contribution in [0.25, 0.3) is 0 Å². The van der Waals surface area contributed by atoms with Crippen LogP contribution in [0.3, 0.4) is 0 Å². The van der Waals surface area contributed by atoms with Gasteiger partial charge in [-0.3, -0.25) is 0 Å². The minimum atomic E-state index is -0.358. The topological polar surface area (TPSA) is 71.5 Å². The summed E-state index contributed by atoms with van der Waals surface area (Å²) in [6, 6.07) is 0. The number of aliphatic hydroxyl groups is 1. The molecule has 5 nitrogen and oxygen atoms in total. The van der Waals surface area contributed by atoms with E-state index in [1.165, 1.54) is 11.3 Å². The van der Waals surface area contributed by atoms with Crippen molar-refractivity contribution in [2.75, 3.05) is 26.3 Å². The van der Waals surface area contributed by atoms with E-state index in [1.54, 1.807) is 12.3 Å². The van der Waals surface area contributed by atoms with Gasteiger partial charge in [0.25, 0.3) is 0 Å². The summed E-state index contributed by atoms with van der Waals surface area (Å²) >= 11 is 1.47. The van der Waals surface area contributed by atoms with Crippen molar-refractivity contribution in [2.45, 2.75) is 19.8 Å². The molecule has 0 aliphatic rings. The first-order valence-electron chi connectivity index (χ1n) is 5.71. The summed E-state index contributed by atoms with van der Waals surface area (Å²) in [6.45, 7) is 3.95. The number of carbonyl (C=O) groups is 1. The zero-order chi connectivity index (χ0) is 12.5. The van der Waals surface area contributed by atoms with Crippen molar-refractivity contribution in [2.24, 2.45) is 0 Å². The van der Waals surface area contributed by atoms with Crippen LogP contribution in [0.1, 0.15) is 28.8 Å². The molecule has 0 fully saturated rings. The van der Waals surface area contributed by atoms with Gasteiger partial charge in [-0.05, 0) is 19.9 Å². The monoisotopic (exact) mass is 258 g/mol. The average Bonchev–Trinajstić information content (AvgIpc) is 2.78. The Balaban J connectivity index is 2.28. The quantitative estimate of drug-likeness (QED) is 0.534. The van der Waals surface area contributed by atoms with Crippen LogP contribution in [0.2, 0.25) is 0 Å². The maximum absolute atomic E-state index is 11.4. The average molecular weight is 258 g/mol. The van der Waals surface area contributed by atoms with Gasteiger partial charge in [0.1, 0.15) is 0 Å². The second-order valence-corrected chi connectivity index (χ2v) is 4.37. The molecule has 0 saturated heterocycles. The van der Waals surface area contributed by atoms with E-state index in [0.717, 1.165) is 30.9 Å². The molecule has 1 rings (SSSR count). The Morgan fingerprint density at radius 2 is 2.41 bits per heavy atom. The van der Waals surface area contributed by atoms with E-state index in [4.69, 9.17) is 9.84 Å². The summed E-state index contributed by atoms with van der Waals surface area (Å²) in [5.74, 6) is -0.358. The van der Waals surface area contributed by atoms with Crippen molar-refractivity contribution in [3.05, 3.63) is 16.1 Å². The third-order valence-corrected chi connectivity index (χ3v) is 2.97. The number of aromatic nitrogens is 1. The molecular weight excluding hydrogens is 240 g/mol. The van der Waals surface area contributed by atoms with Gasteiger partial charge in [0, 0.05) is 25.0 Å². The van der Waals surface area contributed by atoms with E-state index in [9.17, 15) is 4.79 Å². The summed E-state index contributed by atoms with van der Waals surface area (Å²) in [5, 5.41) is 14.4. The molecule has 0 spiro atoms. The Kier molecular flexibility index (Phi) is 6.76. The highest BCUT2D eigenvalue weighted by Crippen LogP contribution is 2.11. The molecule has 2 N–H and O–H groups in total. The lowest BCUT2D eigenvalue weighted by Gasteiger charge is -2.00. The van der Waals surface area contributed by atoms with Crippen molar-refractivity contribution in [1.82, 2.24) is 10.3 Å². The van der Waals surface area contributed by atoms with Crippen LogP contribution in [0.15, 0.2) is 5.38 Å². The van der Waals surface area contributed by atoms with Gasteiger partial charge < -0.3 is 15.2 Å². The van der Waals surface area contributed by atoms with E-state index in [0.29, 0.717) is 12.3 Å². The number of hydrogen-bond acceptors (Lipinski definition) is 6. The van der Waals surface area contributed by atoms with Crippen LogP contribution in [0.4, 0.5) is 0 Å². The van der Waals surface area contributed by atoms with Gasteiger partial charge in [0.05, 0.1) is 11.6 Å². The molecule has 1 aromatic rings. The second-order valence-electron chi connectivity index (χ2n) is 3.42. The Morgan fingerprint density at radius 3 is 3.12 bits per heavy atom. The van der Waals surface area contributed by atoms with E-state index >= 15 is 0 Å². The first-order valence-corrected chi connectivity index (χ1v) is 6.59. The standard InChI is InChI=1S/C11H18N2O3S/c1-2-16-11(15)9-8-17-10(13-9)4-6-12-5-3-7-14/h8,12,14H,2-7H2,1H3. The van der Waals surface area contributed by atoms with Crippen LogP contribution in [0, 0.1) is 0 Å². The van der Waals surface area contributed by atoms with E-state index < -0.39 is 0 Å². The van der Waals surface area contributed by atoms with Gasteiger partial charge in [0.15, 0.2) is 5.69 Å². The lowest BCUT2D eigenvalue weighted by Crippen LogP contribution is -2.19. The molecule has 17 heavy (non-hydrogen) atoms.